The molecule has 9 heteroatoms. The summed E-state index contributed by atoms with van der Waals surface area (Å²) < 4.78 is 0. The largest absolute Gasteiger partial charge is 0.504 e. The zero-order valence-electron chi connectivity index (χ0n) is 8.32. The molecule has 0 fully saturated rings. The fraction of sp³-hybridized carbons (Fsp3) is 0. The first-order valence-electron chi connectivity index (χ1n) is 4.20. The van der Waals surface area contributed by atoms with Crippen molar-refractivity contribution in [2.45, 2.75) is 0 Å². The Balaban J connectivity index is 3.06. The number of hydrogen-bond acceptors (Lipinski definition) is 6. The van der Waals surface area contributed by atoms with Gasteiger partial charge >= 0.3 is 11.7 Å². The van der Waals surface area contributed by atoms with E-state index in [2.05, 4.69) is 5.10 Å². The highest BCUT2D eigenvalue weighted by molar-refractivity contribution is 5.84. The maximum atomic E-state index is 10.5. The van der Waals surface area contributed by atoms with E-state index in [1.54, 1.807) is 0 Å². The van der Waals surface area contributed by atoms with E-state index in [1.807, 2.05) is 5.43 Å². The van der Waals surface area contributed by atoms with Gasteiger partial charge in [0.1, 0.15) is 0 Å². The van der Waals surface area contributed by atoms with Crippen molar-refractivity contribution < 1.29 is 19.9 Å². The number of primary amides is 1. The van der Waals surface area contributed by atoms with Gasteiger partial charge in [0.2, 0.25) is 5.75 Å². The van der Waals surface area contributed by atoms with Gasteiger partial charge in [0.25, 0.3) is 0 Å². The maximum absolute atomic E-state index is 10.5. The number of hydrazone groups is 1. The minimum absolute atomic E-state index is 0.112. The monoisotopic (exact) mass is 240 g/mol. The number of nitro benzene ring substituents is 1. The van der Waals surface area contributed by atoms with Crippen LogP contribution in [0.3, 0.4) is 0 Å². The van der Waals surface area contributed by atoms with Gasteiger partial charge in [-0.15, -0.1) is 0 Å². The number of carbonyl (C=O) groups is 1. The van der Waals surface area contributed by atoms with Crippen molar-refractivity contribution >= 4 is 17.9 Å². The first-order valence-corrected chi connectivity index (χ1v) is 4.20. The molecule has 17 heavy (non-hydrogen) atoms. The minimum Gasteiger partial charge on any atom is -0.504 e. The number of urea groups is 1. The van der Waals surface area contributed by atoms with Crippen LogP contribution in [-0.4, -0.2) is 27.4 Å². The van der Waals surface area contributed by atoms with Gasteiger partial charge in [-0.05, 0) is 6.07 Å². The summed E-state index contributed by atoms with van der Waals surface area (Å²) in [5.41, 5.74) is 6.03. The van der Waals surface area contributed by atoms with Crippen LogP contribution in [0.25, 0.3) is 0 Å². The van der Waals surface area contributed by atoms with Crippen molar-refractivity contribution in [2.75, 3.05) is 0 Å². The Morgan fingerprint density at radius 3 is 2.71 bits per heavy atom. The Morgan fingerprint density at radius 2 is 2.18 bits per heavy atom. The van der Waals surface area contributed by atoms with Crippen LogP contribution in [0.2, 0.25) is 0 Å². The minimum atomic E-state index is -0.904. The lowest BCUT2D eigenvalue weighted by atomic mass is 10.2. The van der Waals surface area contributed by atoms with Gasteiger partial charge in [0.05, 0.1) is 11.1 Å². The van der Waals surface area contributed by atoms with Crippen molar-refractivity contribution in [1.82, 2.24) is 5.43 Å². The molecule has 0 heterocycles. The molecule has 0 atom stereocenters. The molecule has 0 aliphatic heterocycles. The van der Waals surface area contributed by atoms with Gasteiger partial charge in [-0.1, -0.05) is 0 Å². The van der Waals surface area contributed by atoms with Gasteiger partial charge in [-0.25, -0.2) is 10.2 Å². The van der Waals surface area contributed by atoms with Crippen molar-refractivity contribution in [3.05, 3.63) is 27.8 Å². The van der Waals surface area contributed by atoms with Crippen LogP contribution in [0.5, 0.6) is 11.5 Å². The number of nitro groups is 1. The van der Waals surface area contributed by atoms with Crippen LogP contribution in [0.1, 0.15) is 5.56 Å². The van der Waals surface area contributed by atoms with Crippen molar-refractivity contribution in [1.29, 1.82) is 0 Å². The standard InChI is InChI=1S/C8H8N4O5/c9-8(15)11-10-3-4-1-5(12(16)17)7(14)6(13)2-4/h1-3,13-14H,(H3,9,11,15). The Labute approximate surface area is 94.3 Å². The highest BCUT2D eigenvalue weighted by atomic mass is 16.6. The van der Waals surface area contributed by atoms with E-state index in [-0.39, 0.29) is 5.56 Å². The highest BCUT2D eigenvalue weighted by Crippen LogP contribution is 2.35. The van der Waals surface area contributed by atoms with Gasteiger partial charge in [0, 0.05) is 11.6 Å². The Bertz CT molecular complexity index is 499. The number of nitrogens with one attached hydrogen (secondary N) is 1. The molecule has 0 saturated heterocycles. The van der Waals surface area contributed by atoms with Crippen molar-refractivity contribution in [2.24, 2.45) is 10.8 Å². The van der Waals surface area contributed by atoms with E-state index in [0.29, 0.717) is 0 Å². The second kappa shape index (κ2) is 4.79. The van der Waals surface area contributed by atoms with E-state index in [4.69, 9.17) is 5.73 Å². The Hall–Kier alpha value is -2.84. The van der Waals surface area contributed by atoms with Gasteiger partial charge in [-0.2, -0.15) is 5.10 Å². The summed E-state index contributed by atoms with van der Waals surface area (Å²) in [4.78, 5) is 19.9. The molecule has 0 aliphatic carbocycles. The summed E-state index contributed by atoms with van der Waals surface area (Å²) in [6, 6.07) is 1.11. The predicted octanol–water partition coefficient (Wildman–Crippen LogP) is 0.00820. The third-order valence-electron chi connectivity index (χ3n) is 1.68. The third-order valence-corrected chi connectivity index (χ3v) is 1.68. The maximum Gasteiger partial charge on any atom is 0.332 e. The van der Waals surface area contributed by atoms with Crippen LogP contribution < -0.4 is 11.2 Å². The van der Waals surface area contributed by atoms with E-state index < -0.39 is 28.1 Å². The van der Waals surface area contributed by atoms with Gasteiger partial charge in [0.15, 0.2) is 5.75 Å². The van der Waals surface area contributed by atoms with Crippen LogP contribution >= 0.6 is 0 Å². The second-order valence-corrected chi connectivity index (χ2v) is 2.90. The molecule has 0 spiro atoms. The molecule has 0 aliphatic rings. The number of phenols is 2. The molecule has 5 N–H and O–H groups in total. The zero-order valence-corrected chi connectivity index (χ0v) is 8.32. The molecule has 0 bridgehead atoms. The quantitative estimate of drug-likeness (QED) is 0.254. The molecule has 0 aromatic heterocycles. The lowest BCUT2D eigenvalue weighted by Gasteiger charge is -2.00. The summed E-state index contributed by atoms with van der Waals surface area (Å²) >= 11 is 0. The molecule has 9 nitrogen and oxygen atoms in total. The van der Waals surface area contributed by atoms with Crippen molar-refractivity contribution in [3.63, 3.8) is 0 Å². The lowest BCUT2D eigenvalue weighted by molar-refractivity contribution is -0.386. The number of phenolic OH excluding ortho intramolecular Hbond substituents is 2. The molecular formula is C8H8N4O5. The molecule has 90 valence electrons. The number of amides is 2. The number of nitrogens with two attached hydrogens (primary N) is 1. The zero-order chi connectivity index (χ0) is 13.0. The third kappa shape index (κ3) is 3.06. The number of rotatable bonds is 3. The smallest absolute Gasteiger partial charge is 0.332 e. The second-order valence-electron chi connectivity index (χ2n) is 2.90. The van der Waals surface area contributed by atoms with E-state index in [1.165, 1.54) is 0 Å². The van der Waals surface area contributed by atoms with Crippen molar-refractivity contribution in [3.8, 4) is 11.5 Å². The van der Waals surface area contributed by atoms with E-state index in [0.717, 1.165) is 18.3 Å². The molecular weight excluding hydrogens is 232 g/mol. The fourth-order valence-corrected chi connectivity index (χ4v) is 1.01. The SMILES string of the molecule is NC(=O)NN=Cc1cc(O)c(O)c([N+](=O)[O-])c1. The Morgan fingerprint density at radius 1 is 1.53 bits per heavy atom. The summed E-state index contributed by atoms with van der Waals surface area (Å²) in [7, 11) is 0. The van der Waals surface area contributed by atoms with E-state index >= 15 is 0 Å². The molecule has 1 rings (SSSR count). The molecule has 0 unspecified atom stereocenters. The summed E-state index contributed by atoms with van der Waals surface area (Å²) in [6.07, 6.45) is 1.02. The number of hydrogen-bond donors (Lipinski definition) is 4. The summed E-state index contributed by atoms with van der Waals surface area (Å²) in [5, 5.41) is 32.2. The van der Waals surface area contributed by atoms with E-state index in [9.17, 15) is 25.1 Å². The van der Waals surface area contributed by atoms with Crippen LogP contribution in [0, 0.1) is 10.1 Å². The molecule has 1 aromatic carbocycles. The lowest BCUT2D eigenvalue weighted by Crippen LogP contribution is -2.24. The highest BCUT2D eigenvalue weighted by Gasteiger charge is 2.18. The average Bonchev–Trinajstić information content (AvgIpc) is 2.22. The molecule has 0 radical (unpaired) electrons. The average molecular weight is 240 g/mol. The molecule has 0 saturated carbocycles. The first-order chi connectivity index (χ1) is 7.91. The van der Waals surface area contributed by atoms with Gasteiger partial charge < -0.3 is 15.9 Å². The number of carbonyl (C=O) groups excluding carboxylic acids is 1. The molecule has 1 aromatic rings. The summed E-state index contributed by atoms with van der Waals surface area (Å²) in [5.74, 6) is -1.50. The summed E-state index contributed by atoms with van der Waals surface area (Å²) in [6.45, 7) is 0. The topological polar surface area (TPSA) is 151 Å². The van der Waals surface area contributed by atoms with Crippen LogP contribution in [0.15, 0.2) is 17.2 Å². The van der Waals surface area contributed by atoms with Crippen LogP contribution in [0.4, 0.5) is 10.5 Å². The normalized spacial score (nSPS) is 10.4. The van der Waals surface area contributed by atoms with Gasteiger partial charge in [-0.3, -0.25) is 10.1 Å². The number of aromatic hydroxyl groups is 2. The fourth-order valence-electron chi connectivity index (χ4n) is 1.01. The number of benzene rings is 1. The number of nitrogens with zero attached hydrogens (tertiary/aromatic N) is 2. The van der Waals surface area contributed by atoms with Crippen LogP contribution in [-0.2, 0) is 0 Å². The predicted molar refractivity (Wildman–Crippen MR) is 56.7 cm³/mol. The molecule has 2 amide bonds. The first kappa shape index (κ1) is 12.2. The Kier molecular flexibility index (Phi) is 3.44.